The van der Waals surface area contributed by atoms with Gasteiger partial charge in [0.2, 0.25) is 0 Å². The van der Waals surface area contributed by atoms with Gasteiger partial charge in [-0.3, -0.25) is 0 Å². The number of hydrogen-bond donors (Lipinski definition) is 0. The molecule has 0 N–H and O–H groups in total. The second kappa shape index (κ2) is 14.7. The van der Waals surface area contributed by atoms with Crippen LogP contribution >= 0.6 is 0 Å². The fraction of sp³-hybridized carbons (Fsp3) is 0. The van der Waals surface area contributed by atoms with Crippen LogP contribution in [0.1, 0.15) is 33.4 Å². The SMILES string of the molecule is C=Cc1cc[c]2c(c1)-c1cc(C=C)cc[c]1[Sb]2[c]1c[c]([Sb]2[c]3ccc(C=C)cc3-c3cc(C=C)cc[c]32)c[c]([Sb]2[c]3ccc(C=C)cc3-c3cc(C=C)cc[c]32)c1. The molecule has 270 valence electrons. The first kappa shape index (κ1) is 36.8. The van der Waals surface area contributed by atoms with Crippen molar-refractivity contribution in [3.05, 3.63) is 200 Å². The van der Waals surface area contributed by atoms with Gasteiger partial charge in [-0.25, -0.2) is 0 Å². The standard InChI is InChI=1S/3C16H12.C6H3.3Sb/c3*1-3-13-7-5-9-15(11-13)16-10-6-8-14(4-2)12-16;1-2-4-6-5-3-1;;;/h3*3-8,11-12H,1-2H2;1,4-5H;;;. The molecular weight excluding hydrogens is 1010 g/mol. The van der Waals surface area contributed by atoms with E-state index in [1.54, 1.807) is 31.6 Å². The summed E-state index contributed by atoms with van der Waals surface area (Å²) in [5, 5.41) is 0. The molecule has 0 aliphatic carbocycles. The van der Waals surface area contributed by atoms with Gasteiger partial charge in [0.15, 0.2) is 0 Å². The summed E-state index contributed by atoms with van der Waals surface area (Å²) in [5.74, 6) is 0. The van der Waals surface area contributed by atoms with E-state index in [4.69, 9.17) is 0 Å². The van der Waals surface area contributed by atoms with Crippen LogP contribution in [-0.2, 0) is 0 Å². The summed E-state index contributed by atoms with van der Waals surface area (Å²) < 4.78 is 13.9. The van der Waals surface area contributed by atoms with Crippen molar-refractivity contribution in [2.24, 2.45) is 0 Å². The van der Waals surface area contributed by atoms with Crippen LogP contribution in [0.4, 0.5) is 0 Å². The van der Waals surface area contributed by atoms with E-state index in [9.17, 15) is 0 Å². The van der Waals surface area contributed by atoms with E-state index in [0.717, 1.165) is 0 Å². The Hall–Kier alpha value is -4.57. The molecular formula is C54H39Sb3. The summed E-state index contributed by atoms with van der Waals surface area (Å²) in [4.78, 5) is 0. The quantitative estimate of drug-likeness (QED) is 0.136. The summed E-state index contributed by atoms with van der Waals surface area (Å²) >= 11 is -7.63. The molecule has 0 radical (unpaired) electrons. The topological polar surface area (TPSA) is 0 Å². The summed E-state index contributed by atoms with van der Waals surface area (Å²) in [6, 6.07) is 50.5. The molecule has 0 bridgehead atoms. The molecule has 7 aromatic rings. The number of fused-ring (bicyclic) bond motifs is 9. The minimum absolute atomic E-state index is 1.17. The van der Waals surface area contributed by atoms with Gasteiger partial charge < -0.3 is 0 Å². The van der Waals surface area contributed by atoms with Crippen molar-refractivity contribution in [1.29, 1.82) is 0 Å². The van der Waals surface area contributed by atoms with Gasteiger partial charge in [-0.2, -0.15) is 0 Å². The van der Waals surface area contributed by atoms with Gasteiger partial charge in [0.25, 0.3) is 0 Å². The zero-order valence-electron chi connectivity index (χ0n) is 31.7. The van der Waals surface area contributed by atoms with Crippen molar-refractivity contribution in [2.45, 2.75) is 0 Å². The van der Waals surface area contributed by atoms with E-state index in [0.29, 0.717) is 0 Å². The third-order valence-corrected chi connectivity index (χ3v) is 33.1. The molecule has 0 nitrogen and oxygen atoms in total. The minimum atomic E-state index is -2.54. The predicted molar refractivity (Wildman–Crippen MR) is 257 cm³/mol. The van der Waals surface area contributed by atoms with E-state index >= 15 is 0 Å². The fourth-order valence-corrected chi connectivity index (χ4v) is 34.1. The molecule has 57 heavy (non-hydrogen) atoms. The zero-order valence-corrected chi connectivity index (χ0v) is 39.3. The van der Waals surface area contributed by atoms with Gasteiger partial charge in [-0.15, -0.1) is 0 Å². The normalized spacial score (nSPS) is 13.5. The van der Waals surface area contributed by atoms with Crippen LogP contribution in [0.15, 0.2) is 167 Å². The third kappa shape index (κ3) is 5.94. The van der Waals surface area contributed by atoms with Crippen molar-refractivity contribution >= 4 is 129 Å². The molecule has 3 aliphatic rings. The molecule has 0 atom stereocenters. The zero-order chi connectivity index (χ0) is 38.9. The Morgan fingerprint density at radius 1 is 0.246 bits per heavy atom. The molecule has 0 amide bonds. The van der Waals surface area contributed by atoms with Crippen molar-refractivity contribution < 1.29 is 0 Å². The van der Waals surface area contributed by atoms with Gasteiger partial charge in [0.05, 0.1) is 0 Å². The monoisotopic (exact) mass is 1050 g/mol. The van der Waals surface area contributed by atoms with Crippen molar-refractivity contribution in [3.8, 4) is 33.4 Å². The van der Waals surface area contributed by atoms with Gasteiger partial charge in [0.1, 0.15) is 0 Å². The average molecular weight is 1050 g/mol. The second-order valence-electron chi connectivity index (χ2n) is 14.6. The Balaban J connectivity index is 1.27. The van der Waals surface area contributed by atoms with Gasteiger partial charge in [-0.1, -0.05) is 0 Å². The summed E-state index contributed by atoms with van der Waals surface area (Å²) in [5.41, 5.74) is 15.2. The molecule has 0 aromatic heterocycles. The van der Waals surface area contributed by atoms with Crippen LogP contribution in [0.2, 0.25) is 0 Å². The summed E-state index contributed by atoms with van der Waals surface area (Å²) in [6.07, 6.45) is 11.9. The van der Waals surface area contributed by atoms with Gasteiger partial charge in [0, 0.05) is 0 Å². The molecule has 3 heterocycles. The fourth-order valence-electron chi connectivity index (χ4n) is 8.74. The van der Waals surface area contributed by atoms with Gasteiger partial charge in [-0.05, 0) is 0 Å². The van der Waals surface area contributed by atoms with Crippen LogP contribution < -0.4 is 31.6 Å². The molecule has 0 spiro atoms. The van der Waals surface area contributed by atoms with Crippen LogP contribution in [-0.4, -0.2) is 60.6 Å². The molecule has 0 saturated carbocycles. The van der Waals surface area contributed by atoms with Crippen molar-refractivity contribution in [3.63, 3.8) is 0 Å². The maximum absolute atomic E-state index is 4.14. The van der Waals surface area contributed by atoms with Crippen LogP contribution in [0.3, 0.4) is 0 Å². The Kier molecular flexibility index (Phi) is 9.46. The third-order valence-electron chi connectivity index (χ3n) is 11.5. The van der Waals surface area contributed by atoms with E-state index in [2.05, 4.69) is 167 Å². The second-order valence-corrected chi connectivity index (χ2v) is 33.0. The van der Waals surface area contributed by atoms with E-state index in [1.165, 1.54) is 66.8 Å². The molecule has 10 rings (SSSR count). The number of benzene rings is 7. The predicted octanol–water partition coefficient (Wildman–Crippen LogP) is 7.03. The van der Waals surface area contributed by atoms with Crippen molar-refractivity contribution in [2.75, 3.05) is 0 Å². The molecule has 3 aliphatic heterocycles. The Morgan fingerprint density at radius 2 is 0.421 bits per heavy atom. The average Bonchev–Trinajstić information content (AvgIpc) is 3.89. The van der Waals surface area contributed by atoms with E-state index < -0.39 is 60.6 Å². The Morgan fingerprint density at radius 3 is 0.579 bits per heavy atom. The first-order valence-corrected chi connectivity index (χ1v) is 30.6. The maximum atomic E-state index is 4.14. The number of hydrogen-bond acceptors (Lipinski definition) is 0. The number of rotatable bonds is 9. The van der Waals surface area contributed by atoms with Crippen molar-refractivity contribution in [1.82, 2.24) is 0 Å². The first-order chi connectivity index (χ1) is 27.9. The summed E-state index contributed by atoms with van der Waals surface area (Å²) in [6.45, 7) is 24.8. The van der Waals surface area contributed by atoms with Crippen LogP contribution in [0, 0.1) is 0 Å². The first-order valence-electron chi connectivity index (χ1n) is 19.1. The summed E-state index contributed by atoms with van der Waals surface area (Å²) in [7, 11) is 0. The molecule has 0 fully saturated rings. The van der Waals surface area contributed by atoms with Crippen LogP contribution in [0.5, 0.6) is 0 Å². The van der Waals surface area contributed by atoms with E-state index in [-0.39, 0.29) is 0 Å². The Bertz CT molecular complexity index is 2440. The Labute approximate surface area is 358 Å². The van der Waals surface area contributed by atoms with E-state index in [1.807, 2.05) is 36.5 Å². The molecule has 7 aromatic carbocycles. The molecule has 3 heteroatoms. The van der Waals surface area contributed by atoms with Gasteiger partial charge >= 0.3 is 362 Å². The molecule has 0 unspecified atom stereocenters. The van der Waals surface area contributed by atoms with Crippen LogP contribution in [0.25, 0.3) is 69.8 Å². The molecule has 0 saturated heterocycles.